The van der Waals surface area contributed by atoms with Crippen LogP contribution >= 0.6 is 0 Å². The molecule has 2 aromatic rings. The number of benzene rings is 2. The van der Waals surface area contributed by atoms with Crippen LogP contribution in [0, 0.1) is 11.3 Å². The average molecular weight is 495 g/mol. The van der Waals surface area contributed by atoms with Crippen LogP contribution in [0.1, 0.15) is 69.8 Å². The summed E-state index contributed by atoms with van der Waals surface area (Å²) in [7, 11) is 2.27. The van der Waals surface area contributed by atoms with Gasteiger partial charge in [0.25, 0.3) is 0 Å². The van der Waals surface area contributed by atoms with Crippen molar-refractivity contribution >= 4 is 10.8 Å². The van der Waals surface area contributed by atoms with E-state index in [4.69, 9.17) is 4.74 Å². The maximum absolute atomic E-state index is 7.58. The van der Waals surface area contributed by atoms with Gasteiger partial charge in [0.15, 0.2) is 0 Å². The smallest absolute Gasteiger partial charge is 0.0974 e. The standard InChI is InChI=1S/C34H42N2O/c1-32-14-13-28-22-27-9-10-29(36-19-17-35(2)18-20-36)23-33(27)15-16-34(28,37-33)31(32)12-11-30(32)26-8-7-24-5-3-4-6-25(24)21-26/h3-8,13,21-22,29-31H,9-12,14-20,23H2,1-2H3/t29-,30+,31+,32+,33?,34+/m0/s1. The highest BCUT2D eigenvalue weighted by Crippen LogP contribution is 2.69. The third-order valence-corrected chi connectivity index (χ3v) is 11.9. The summed E-state index contributed by atoms with van der Waals surface area (Å²) in [5.41, 5.74) is 4.95. The third-order valence-electron chi connectivity index (χ3n) is 11.9. The van der Waals surface area contributed by atoms with Crippen molar-refractivity contribution in [3.05, 3.63) is 71.3 Å². The highest BCUT2D eigenvalue weighted by Gasteiger charge is 2.66. The third kappa shape index (κ3) is 3.23. The molecule has 3 heterocycles. The second-order valence-electron chi connectivity index (χ2n) is 13.5. The molecule has 2 aromatic carbocycles. The summed E-state index contributed by atoms with van der Waals surface area (Å²) in [6, 6.07) is 16.8. The van der Waals surface area contributed by atoms with Crippen LogP contribution in [0.5, 0.6) is 0 Å². The van der Waals surface area contributed by atoms with E-state index in [1.54, 1.807) is 16.7 Å². The minimum Gasteiger partial charge on any atom is -0.359 e. The average Bonchev–Trinajstić information content (AvgIpc) is 3.43. The molecular formula is C34H42N2O. The predicted molar refractivity (Wildman–Crippen MR) is 151 cm³/mol. The van der Waals surface area contributed by atoms with Crippen molar-refractivity contribution in [2.45, 2.75) is 81.5 Å². The minimum atomic E-state index is -0.0495. The maximum atomic E-state index is 7.58. The van der Waals surface area contributed by atoms with Crippen molar-refractivity contribution in [1.29, 1.82) is 0 Å². The monoisotopic (exact) mass is 494 g/mol. The molecule has 2 saturated carbocycles. The Morgan fingerprint density at radius 3 is 2.62 bits per heavy atom. The number of likely N-dealkylation sites (N-methyl/N-ethyl adjacent to an activating group) is 1. The first-order chi connectivity index (χ1) is 18.0. The van der Waals surface area contributed by atoms with Crippen molar-refractivity contribution in [2.75, 3.05) is 33.2 Å². The van der Waals surface area contributed by atoms with Crippen LogP contribution in [-0.2, 0) is 4.74 Å². The molecule has 3 aliphatic carbocycles. The quantitative estimate of drug-likeness (QED) is 0.462. The molecule has 6 atom stereocenters. The SMILES string of the molecule is CN1CCN([C@H]2CCC3=CC4=CC[C@]5(C)[C@@H](c6ccc7ccccc7c6)CC[C@H]5[C@@]45CCC3(C2)O5)CC1. The Morgan fingerprint density at radius 1 is 0.919 bits per heavy atom. The molecule has 0 N–H and O–H groups in total. The summed E-state index contributed by atoms with van der Waals surface area (Å²) in [5.74, 6) is 1.24. The van der Waals surface area contributed by atoms with Gasteiger partial charge in [0.2, 0.25) is 0 Å². The van der Waals surface area contributed by atoms with Gasteiger partial charge in [0, 0.05) is 32.2 Å². The summed E-state index contributed by atoms with van der Waals surface area (Å²) < 4.78 is 7.58. The zero-order chi connectivity index (χ0) is 24.8. The van der Waals surface area contributed by atoms with Gasteiger partial charge in [-0.25, -0.2) is 0 Å². The number of hydrogen-bond donors (Lipinski definition) is 0. The van der Waals surface area contributed by atoms with Gasteiger partial charge in [-0.1, -0.05) is 61.5 Å². The van der Waals surface area contributed by atoms with E-state index in [1.807, 2.05) is 0 Å². The normalized spacial score (nSPS) is 41.6. The molecule has 0 aromatic heterocycles. The zero-order valence-corrected chi connectivity index (χ0v) is 22.7. The first kappa shape index (κ1) is 23.0. The van der Waals surface area contributed by atoms with E-state index in [-0.39, 0.29) is 16.6 Å². The van der Waals surface area contributed by atoms with Crippen LogP contribution < -0.4 is 0 Å². The molecule has 0 radical (unpaired) electrons. The number of allylic oxidation sites excluding steroid dienone is 1. The molecule has 6 aliphatic rings. The van der Waals surface area contributed by atoms with Gasteiger partial charge in [-0.2, -0.15) is 0 Å². The Kier molecular flexibility index (Phi) is 4.99. The van der Waals surface area contributed by atoms with E-state index < -0.39 is 0 Å². The van der Waals surface area contributed by atoms with E-state index in [1.165, 1.54) is 88.3 Å². The van der Waals surface area contributed by atoms with E-state index >= 15 is 0 Å². The van der Waals surface area contributed by atoms with Crippen molar-refractivity contribution in [2.24, 2.45) is 11.3 Å². The first-order valence-electron chi connectivity index (χ1n) is 15.0. The Balaban J connectivity index is 1.12. The molecule has 2 spiro atoms. The lowest BCUT2D eigenvalue weighted by molar-refractivity contribution is -0.141. The van der Waals surface area contributed by atoms with Crippen LogP contribution in [0.3, 0.4) is 0 Å². The number of rotatable bonds is 2. The van der Waals surface area contributed by atoms with Crippen LogP contribution in [0.15, 0.2) is 65.8 Å². The maximum Gasteiger partial charge on any atom is 0.0974 e. The Labute approximate surface area is 222 Å². The lowest BCUT2D eigenvalue weighted by atomic mass is 9.58. The fourth-order valence-corrected chi connectivity index (χ4v) is 9.85. The van der Waals surface area contributed by atoms with E-state index in [2.05, 4.69) is 78.4 Å². The molecule has 194 valence electrons. The number of hydrogen-bond acceptors (Lipinski definition) is 3. The second kappa shape index (κ2) is 8.04. The molecule has 4 fully saturated rings. The second-order valence-corrected chi connectivity index (χ2v) is 13.5. The molecule has 8 rings (SSSR count). The molecule has 1 unspecified atom stereocenters. The number of piperazine rings is 1. The molecule has 37 heavy (non-hydrogen) atoms. The molecule has 3 aliphatic heterocycles. The number of fused-ring (bicyclic) bond motifs is 2. The summed E-state index contributed by atoms with van der Waals surface area (Å²) in [6.07, 6.45) is 15.3. The van der Waals surface area contributed by atoms with Crippen molar-refractivity contribution in [1.82, 2.24) is 9.80 Å². The van der Waals surface area contributed by atoms with Gasteiger partial charge in [-0.15, -0.1) is 0 Å². The first-order valence-corrected chi connectivity index (χ1v) is 15.0. The van der Waals surface area contributed by atoms with Crippen molar-refractivity contribution < 1.29 is 4.74 Å². The van der Waals surface area contributed by atoms with Crippen molar-refractivity contribution in [3.8, 4) is 0 Å². The van der Waals surface area contributed by atoms with Gasteiger partial charge in [0.1, 0.15) is 0 Å². The molecular weight excluding hydrogens is 452 g/mol. The molecule has 2 bridgehead atoms. The number of nitrogens with zero attached hydrogens (tertiary/aromatic N) is 2. The zero-order valence-electron chi connectivity index (χ0n) is 22.7. The van der Waals surface area contributed by atoms with Gasteiger partial charge in [-0.05, 0) is 103 Å². The van der Waals surface area contributed by atoms with E-state index in [0.717, 1.165) is 0 Å². The Morgan fingerprint density at radius 2 is 1.76 bits per heavy atom. The van der Waals surface area contributed by atoms with E-state index in [9.17, 15) is 0 Å². The summed E-state index contributed by atoms with van der Waals surface area (Å²) >= 11 is 0. The number of ether oxygens (including phenoxy) is 1. The lowest BCUT2D eigenvalue weighted by Gasteiger charge is -2.55. The lowest BCUT2D eigenvalue weighted by Crippen LogP contribution is -2.57. The fourth-order valence-electron chi connectivity index (χ4n) is 9.85. The Bertz CT molecular complexity index is 1300. The minimum absolute atomic E-state index is 0.00287. The Hall–Kier alpha value is -1.94. The van der Waals surface area contributed by atoms with E-state index in [0.29, 0.717) is 17.9 Å². The van der Waals surface area contributed by atoms with Crippen LogP contribution in [0.4, 0.5) is 0 Å². The van der Waals surface area contributed by atoms with Gasteiger partial charge >= 0.3 is 0 Å². The topological polar surface area (TPSA) is 15.7 Å². The molecule has 2 saturated heterocycles. The summed E-state index contributed by atoms with van der Waals surface area (Å²) in [4.78, 5) is 5.28. The molecule has 3 heteroatoms. The van der Waals surface area contributed by atoms with Crippen LogP contribution in [-0.4, -0.2) is 60.3 Å². The van der Waals surface area contributed by atoms with Crippen LogP contribution in [0.25, 0.3) is 10.8 Å². The molecule has 0 amide bonds. The summed E-state index contributed by atoms with van der Waals surface area (Å²) in [6.45, 7) is 7.47. The highest BCUT2D eigenvalue weighted by molar-refractivity contribution is 5.83. The van der Waals surface area contributed by atoms with Gasteiger partial charge < -0.3 is 9.64 Å². The highest BCUT2D eigenvalue weighted by atomic mass is 16.5. The van der Waals surface area contributed by atoms with Gasteiger partial charge in [0.05, 0.1) is 11.2 Å². The summed E-state index contributed by atoms with van der Waals surface area (Å²) in [5, 5.41) is 2.74. The van der Waals surface area contributed by atoms with Crippen LogP contribution in [0.2, 0.25) is 0 Å². The fraction of sp³-hybridized carbons (Fsp3) is 0.588. The molecule has 3 nitrogen and oxygen atoms in total. The van der Waals surface area contributed by atoms with Gasteiger partial charge in [-0.3, -0.25) is 4.90 Å². The predicted octanol–water partition coefficient (Wildman–Crippen LogP) is 6.70. The largest absolute Gasteiger partial charge is 0.359 e. The van der Waals surface area contributed by atoms with Crippen molar-refractivity contribution in [3.63, 3.8) is 0 Å².